The largest absolute Gasteiger partial charge is 0.523 e. The molecule has 1 nitrogen and oxygen atoms in total. The second-order valence-electron chi connectivity index (χ2n) is 3.52. The normalized spacial score (nSPS) is 15.9. The molecule has 0 aromatic rings. The molecule has 0 saturated heterocycles. The van der Waals surface area contributed by atoms with Crippen LogP contribution in [0.25, 0.3) is 0 Å². The van der Waals surface area contributed by atoms with Gasteiger partial charge in [-0.25, -0.2) is 0 Å². The minimum absolute atomic E-state index is 7.03. The molecule has 0 radical (unpaired) electrons. The van der Waals surface area contributed by atoms with Gasteiger partial charge in [0.25, 0.3) is 0 Å². The summed E-state index contributed by atoms with van der Waals surface area (Å²) in [5.41, 5.74) is -14.9. The Balaban J connectivity index is 6.07. The van der Waals surface area contributed by atoms with Gasteiger partial charge in [-0.2, -0.15) is 43.9 Å². The van der Waals surface area contributed by atoms with E-state index in [1.165, 1.54) is 0 Å². The lowest BCUT2D eigenvalue weighted by atomic mass is 10.3. The summed E-state index contributed by atoms with van der Waals surface area (Å²) in [6, 6.07) is 0. The van der Waals surface area contributed by atoms with Crippen molar-refractivity contribution < 1.29 is 66.0 Å². The zero-order valence-electron chi connectivity index (χ0n) is 9.15. The van der Waals surface area contributed by atoms with E-state index in [0.717, 1.165) is 0 Å². The van der Waals surface area contributed by atoms with E-state index in [9.17, 15) is 66.0 Å². The highest BCUT2D eigenvalue weighted by atomic mass is 31.1. The van der Waals surface area contributed by atoms with Crippen LogP contribution in [0, 0.1) is 0 Å². The standard InChI is InChI=1S/C6F14OP/c7-1(8,3(11,12)13)5(17,18)22(21)6(19,20)2(9,10)4(14,15)16/q+1. The minimum atomic E-state index is -7.54. The number of hydrogen-bond acceptors (Lipinski definition) is 1. The number of alkyl halides is 14. The summed E-state index contributed by atoms with van der Waals surface area (Å²) in [6.45, 7) is 0. The van der Waals surface area contributed by atoms with Gasteiger partial charge in [-0.15, -0.1) is 17.6 Å². The van der Waals surface area contributed by atoms with Crippen molar-refractivity contribution in [1.82, 2.24) is 0 Å². The van der Waals surface area contributed by atoms with Crippen molar-refractivity contribution in [1.29, 1.82) is 0 Å². The summed E-state index contributed by atoms with van der Waals surface area (Å²) in [5, 5.41) is 0. The second kappa shape index (κ2) is 5.06. The summed E-state index contributed by atoms with van der Waals surface area (Å²) in [6.07, 6.45) is -14.7. The van der Waals surface area contributed by atoms with Crippen molar-refractivity contribution in [3.05, 3.63) is 0 Å². The van der Waals surface area contributed by atoms with Gasteiger partial charge in [0.05, 0.1) is 0 Å². The fourth-order valence-corrected chi connectivity index (χ4v) is 1.89. The van der Waals surface area contributed by atoms with Crippen LogP contribution in [0.2, 0.25) is 0 Å². The first kappa shape index (κ1) is 21.1. The van der Waals surface area contributed by atoms with E-state index in [-0.39, 0.29) is 0 Å². The van der Waals surface area contributed by atoms with E-state index in [1.54, 1.807) is 0 Å². The van der Waals surface area contributed by atoms with Gasteiger partial charge in [0.15, 0.2) is 0 Å². The van der Waals surface area contributed by atoms with Crippen LogP contribution in [0.4, 0.5) is 61.5 Å². The zero-order valence-corrected chi connectivity index (χ0v) is 10.0. The van der Waals surface area contributed by atoms with Gasteiger partial charge in [0.2, 0.25) is 0 Å². The Labute approximate surface area is 111 Å². The predicted molar refractivity (Wildman–Crippen MR) is 39.5 cm³/mol. The van der Waals surface area contributed by atoms with E-state index in [1.807, 2.05) is 0 Å². The molecule has 0 unspecified atom stereocenters. The Hall–Kier alpha value is -0.880. The van der Waals surface area contributed by atoms with Gasteiger partial charge in [0.1, 0.15) is 0 Å². The van der Waals surface area contributed by atoms with Gasteiger partial charge in [-0.05, 0) is 0 Å². The van der Waals surface area contributed by atoms with Gasteiger partial charge in [-0.1, -0.05) is 4.57 Å². The molecule has 0 atom stereocenters. The first-order valence-electron chi connectivity index (χ1n) is 4.28. The smallest absolute Gasteiger partial charge is 0.185 e. The molecule has 0 bridgehead atoms. The lowest BCUT2D eigenvalue weighted by molar-refractivity contribution is -0.344. The molecule has 0 aromatic heterocycles. The molecule has 0 fully saturated rings. The van der Waals surface area contributed by atoms with Crippen LogP contribution in [0.3, 0.4) is 0 Å². The van der Waals surface area contributed by atoms with Crippen LogP contribution in [-0.2, 0) is 4.57 Å². The topological polar surface area (TPSA) is 17.1 Å². The highest BCUT2D eigenvalue weighted by Gasteiger charge is 2.94. The Kier molecular flexibility index (Phi) is 4.86. The molecular formula is C6F14OP+. The van der Waals surface area contributed by atoms with E-state index >= 15 is 0 Å². The molecular weight excluding hydrogens is 385 g/mol. The SMILES string of the molecule is O=[P+](C(F)(F)C(F)(F)C(F)(F)F)C(F)(F)C(F)(F)C(F)(F)F. The molecule has 16 heteroatoms. The minimum Gasteiger partial charge on any atom is -0.185 e. The van der Waals surface area contributed by atoms with Crippen molar-refractivity contribution in [3.63, 3.8) is 0 Å². The fourth-order valence-electron chi connectivity index (χ4n) is 0.772. The van der Waals surface area contributed by atoms with E-state index in [2.05, 4.69) is 0 Å². The molecule has 0 N–H and O–H groups in total. The number of hydrogen-bond donors (Lipinski definition) is 0. The van der Waals surface area contributed by atoms with Crippen LogP contribution < -0.4 is 0 Å². The summed E-state index contributed by atoms with van der Waals surface area (Å²) in [7, 11) is -7.03. The van der Waals surface area contributed by atoms with Crippen molar-refractivity contribution in [2.24, 2.45) is 0 Å². The predicted octanol–water partition coefficient (Wildman–Crippen LogP) is 5.39. The fraction of sp³-hybridized carbons (Fsp3) is 1.00. The molecule has 132 valence electrons. The Morgan fingerprint density at radius 1 is 0.455 bits per heavy atom. The van der Waals surface area contributed by atoms with Gasteiger partial charge >= 0.3 is 43.3 Å². The highest BCUT2D eigenvalue weighted by Crippen LogP contribution is 2.68. The molecule has 0 heterocycles. The summed E-state index contributed by atoms with van der Waals surface area (Å²) in [5.74, 6) is -15.1. The molecule has 0 aliphatic heterocycles. The lowest BCUT2D eigenvalue weighted by Crippen LogP contribution is -2.56. The number of rotatable bonds is 4. The van der Waals surface area contributed by atoms with Crippen LogP contribution in [-0.4, -0.2) is 35.5 Å². The monoisotopic (exact) mass is 385 g/mol. The first-order valence-corrected chi connectivity index (χ1v) is 5.54. The second-order valence-corrected chi connectivity index (χ2v) is 5.23. The first-order chi connectivity index (χ1) is 9.15. The van der Waals surface area contributed by atoms with Crippen LogP contribution in [0.1, 0.15) is 0 Å². The third-order valence-electron chi connectivity index (χ3n) is 1.98. The van der Waals surface area contributed by atoms with E-state index in [4.69, 9.17) is 0 Å². The molecule has 0 aromatic carbocycles. The van der Waals surface area contributed by atoms with Crippen molar-refractivity contribution >= 4 is 7.80 Å². The molecule has 22 heavy (non-hydrogen) atoms. The quantitative estimate of drug-likeness (QED) is 0.468. The van der Waals surface area contributed by atoms with Gasteiger partial charge in [0, 0.05) is 0 Å². The van der Waals surface area contributed by atoms with E-state index in [0.29, 0.717) is 0 Å². The average molecular weight is 385 g/mol. The maximum absolute atomic E-state index is 12.6. The molecule has 0 amide bonds. The Bertz CT molecular complexity index is 403. The van der Waals surface area contributed by atoms with Crippen molar-refractivity contribution in [2.75, 3.05) is 0 Å². The maximum atomic E-state index is 12.6. The van der Waals surface area contributed by atoms with Crippen LogP contribution >= 0.6 is 7.80 Å². The third-order valence-corrected chi connectivity index (χ3v) is 3.56. The Morgan fingerprint density at radius 2 is 0.636 bits per heavy atom. The summed E-state index contributed by atoms with van der Waals surface area (Å²) in [4.78, 5) is 0. The van der Waals surface area contributed by atoms with Crippen LogP contribution in [0.15, 0.2) is 0 Å². The Morgan fingerprint density at radius 3 is 0.773 bits per heavy atom. The molecule has 0 spiro atoms. The molecule has 0 saturated carbocycles. The molecule has 0 aliphatic carbocycles. The molecule has 0 aliphatic rings. The van der Waals surface area contributed by atoms with Crippen molar-refractivity contribution in [2.45, 2.75) is 35.5 Å². The van der Waals surface area contributed by atoms with Gasteiger partial charge < -0.3 is 0 Å². The highest BCUT2D eigenvalue weighted by molar-refractivity contribution is 7.47. The summed E-state index contributed by atoms with van der Waals surface area (Å²) < 4.78 is 179. The van der Waals surface area contributed by atoms with Crippen molar-refractivity contribution in [3.8, 4) is 0 Å². The maximum Gasteiger partial charge on any atom is 0.523 e. The summed E-state index contributed by atoms with van der Waals surface area (Å²) >= 11 is 0. The van der Waals surface area contributed by atoms with Gasteiger partial charge in [-0.3, -0.25) is 0 Å². The number of halogens is 14. The third kappa shape index (κ3) is 2.83. The molecule has 0 rings (SSSR count). The lowest BCUT2D eigenvalue weighted by Gasteiger charge is -2.25. The average Bonchev–Trinajstić information content (AvgIpc) is 2.24. The van der Waals surface area contributed by atoms with Crippen LogP contribution in [0.5, 0.6) is 0 Å². The zero-order chi connectivity index (χ0) is 18.6. The van der Waals surface area contributed by atoms with E-state index < -0.39 is 43.3 Å².